The predicted octanol–water partition coefficient (Wildman–Crippen LogP) is 1.57. The molecule has 1 aliphatic carbocycles. The van der Waals surface area contributed by atoms with E-state index in [2.05, 4.69) is 4.72 Å². The maximum Gasteiger partial charge on any atom is 0.240 e. The molecule has 0 radical (unpaired) electrons. The van der Waals surface area contributed by atoms with Crippen LogP contribution >= 0.6 is 0 Å². The van der Waals surface area contributed by atoms with Gasteiger partial charge in [0.25, 0.3) is 0 Å². The van der Waals surface area contributed by atoms with Crippen LogP contribution in [0.15, 0.2) is 29.2 Å². The van der Waals surface area contributed by atoms with E-state index in [0.29, 0.717) is 44.8 Å². The molecule has 1 heterocycles. The molecule has 0 amide bonds. The number of hydrogen-bond acceptors (Lipinski definition) is 5. The molecule has 26 heavy (non-hydrogen) atoms. The van der Waals surface area contributed by atoms with Crippen LogP contribution in [0.1, 0.15) is 32.6 Å². The Bertz CT molecular complexity index is 809. The van der Waals surface area contributed by atoms with Gasteiger partial charge in [0.2, 0.25) is 20.0 Å². The smallest absolute Gasteiger partial charge is 0.240 e. The second kappa shape index (κ2) is 7.84. The highest BCUT2D eigenvalue weighted by Gasteiger charge is 2.41. The molecule has 2 aliphatic rings. The third kappa shape index (κ3) is 4.57. The lowest BCUT2D eigenvalue weighted by Crippen LogP contribution is -2.42. The molecule has 1 N–H and O–H groups in total. The Labute approximate surface area is 155 Å². The van der Waals surface area contributed by atoms with Crippen molar-refractivity contribution in [1.29, 1.82) is 0 Å². The number of benzene rings is 1. The summed E-state index contributed by atoms with van der Waals surface area (Å²) in [6, 6.07) is 6.33. The Morgan fingerprint density at radius 2 is 1.65 bits per heavy atom. The number of hydrogen-bond donors (Lipinski definition) is 1. The predicted molar refractivity (Wildman–Crippen MR) is 99.0 cm³/mol. The average Bonchev–Trinajstić information content (AvgIpc) is 3.47. The van der Waals surface area contributed by atoms with Gasteiger partial charge < -0.3 is 4.74 Å². The van der Waals surface area contributed by atoms with Crippen molar-refractivity contribution in [3.05, 3.63) is 24.3 Å². The molecule has 146 valence electrons. The van der Waals surface area contributed by atoms with Gasteiger partial charge in [0.1, 0.15) is 5.75 Å². The van der Waals surface area contributed by atoms with E-state index in [4.69, 9.17) is 4.74 Å². The Kier molecular flexibility index (Phi) is 5.91. The monoisotopic (exact) mass is 402 g/mol. The van der Waals surface area contributed by atoms with Gasteiger partial charge in [0.15, 0.2) is 0 Å². The second-order valence-electron chi connectivity index (χ2n) is 6.84. The van der Waals surface area contributed by atoms with Crippen molar-refractivity contribution in [3.63, 3.8) is 0 Å². The molecule has 1 saturated carbocycles. The van der Waals surface area contributed by atoms with E-state index in [1.807, 2.05) is 6.92 Å². The highest BCUT2D eigenvalue weighted by molar-refractivity contribution is 7.90. The van der Waals surface area contributed by atoms with Crippen LogP contribution in [0.25, 0.3) is 0 Å². The van der Waals surface area contributed by atoms with Crippen LogP contribution in [0, 0.1) is 5.92 Å². The van der Waals surface area contributed by atoms with Crippen LogP contribution in [0.2, 0.25) is 0 Å². The Balaban J connectivity index is 1.51. The molecule has 1 saturated heterocycles. The summed E-state index contributed by atoms with van der Waals surface area (Å²) in [6.45, 7) is 3.68. The first-order valence-corrected chi connectivity index (χ1v) is 12.0. The minimum absolute atomic E-state index is 0.151. The number of rotatable bonds is 8. The summed E-state index contributed by atoms with van der Waals surface area (Å²) < 4.78 is 58.8. The Hall–Kier alpha value is -1.16. The van der Waals surface area contributed by atoms with Crippen LogP contribution in [-0.2, 0) is 20.0 Å². The van der Waals surface area contributed by atoms with E-state index in [-0.39, 0.29) is 16.1 Å². The van der Waals surface area contributed by atoms with E-state index in [1.54, 1.807) is 16.4 Å². The zero-order valence-corrected chi connectivity index (χ0v) is 16.6. The minimum atomic E-state index is -3.57. The van der Waals surface area contributed by atoms with E-state index in [1.165, 1.54) is 12.1 Å². The van der Waals surface area contributed by atoms with Crippen molar-refractivity contribution in [2.24, 2.45) is 5.92 Å². The quantitative estimate of drug-likeness (QED) is 0.712. The number of piperidine rings is 1. The van der Waals surface area contributed by atoms with Gasteiger partial charge in [-0.25, -0.2) is 25.9 Å². The fourth-order valence-electron chi connectivity index (χ4n) is 3.14. The summed E-state index contributed by atoms with van der Waals surface area (Å²) >= 11 is 0. The van der Waals surface area contributed by atoms with Crippen molar-refractivity contribution in [2.75, 3.05) is 26.2 Å². The Morgan fingerprint density at radius 1 is 1.04 bits per heavy atom. The van der Waals surface area contributed by atoms with Gasteiger partial charge in [0, 0.05) is 19.6 Å². The molecule has 1 aliphatic heterocycles. The third-order valence-electron chi connectivity index (χ3n) is 4.89. The fourth-order valence-corrected chi connectivity index (χ4v) is 6.13. The zero-order chi connectivity index (χ0) is 18.8. The van der Waals surface area contributed by atoms with Crippen LogP contribution < -0.4 is 9.46 Å². The first-order valence-electron chi connectivity index (χ1n) is 9.04. The molecule has 0 unspecified atom stereocenters. The number of ether oxygens (including phenoxy) is 1. The lowest BCUT2D eigenvalue weighted by Gasteiger charge is -2.31. The summed E-state index contributed by atoms with van der Waals surface area (Å²) in [5.41, 5.74) is 0. The van der Waals surface area contributed by atoms with Crippen molar-refractivity contribution in [3.8, 4) is 5.75 Å². The van der Waals surface area contributed by atoms with Gasteiger partial charge in [-0.1, -0.05) is 0 Å². The minimum Gasteiger partial charge on any atom is -0.494 e. The summed E-state index contributed by atoms with van der Waals surface area (Å²) in [7, 11) is -6.70. The van der Waals surface area contributed by atoms with Crippen molar-refractivity contribution < 1.29 is 21.6 Å². The second-order valence-corrected chi connectivity index (χ2v) is 10.8. The lowest BCUT2D eigenvalue weighted by molar-refractivity contribution is 0.274. The highest BCUT2D eigenvalue weighted by Crippen LogP contribution is 2.33. The van der Waals surface area contributed by atoms with E-state index < -0.39 is 20.0 Å². The molecular formula is C17H26N2O5S2. The molecule has 3 rings (SSSR count). The van der Waals surface area contributed by atoms with Gasteiger partial charge in [-0.3, -0.25) is 0 Å². The van der Waals surface area contributed by atoms with Crippen LogP contribution in [0.5, 0.6) is 5.75 Å². The summed E-state index contributed by atoms with van der Waals surface area (Å²) in [5.74, 6) is 0.786. The normalized spacial score (nSPS) is 20.2. The van der Waals surface area contributed by atoms with Crippen LogP contribution in [0.4, 0.5) is 0 Å². The van der Waals surface area contributed by atoms with Gasteiger partial charge in [-0.05, 0) is 62.8 Å². The molecule has 9 heteroatoms. The van der Waals surface area contributed by atoms with E-state index in [9.17, 15) is 16.8 Å². The average molecular weight is 403 g/mol. The molecular weight excluding hydrogens is 376 g/mol. The molecule has 7 nitrogen and oxygen atoms in total. The summed E-state index contributed by atoms with van der Waals surface area (Å²) in [4.78, 5) is 0.203. The molecule has 0 spiro atoms. The summed E-state index contributed by atoms with van der Waals surface area (Å²) in [6.07, 6.45) is 2.89. The molecule has 2 fully saturated rings. The third-order valence-corrected chi connectivity index (χ3v) is 8.72. The maximum absolute atomic E-state index is 12.4. The van der Waals surface area contributed by atoms with Gasteiger partial charge in [-0.2, -0.15) is 0 Å². The first kappa shape index (κ1) is 19.6. The van der Waals surface area contributed by atoms with Crippen LogP contribution in [-0.4, -0.2) is 52.6 Å². The van der Waals surface area contributed by atoms with E-state index in [0.717, 1.165) is 12.8 Å². The topological polar surface area (TPSA) is 92.8 Å². The van der Waals surface area contributed by atoms with Crippen LogP contribution in [0.3, 0.4) is 0 Å². The van der Waals surface area contributed by atoms with Gasteiger partial charge in [-0.15, -0.1) is 0 Å². The molecule has 0 atom stereocenters. The zero-order valence-electron chi connectivity index (χ0n) is 14.9. The SMILES string of the molecule is CCOc1ccc(S(=O)(=O)NCC2CCN(S(=O)(=O)C3CC3)CC2)cc1. The van der Waals surface area contributed by atoms with Gasteiger partial charge in [0.05, 0.1) is 16.8 Å². The van der Waals surface area contributed by atoms with Crippen molar-refractivity contribution >= 4 is 20.0 Å². The van der Waals surface area contributed by atoms with Crippen molar-refractivity contribution in [2.45, 2.75) is 42.8 Å². The maximum atomic E-state index is 12.4. The number of sulfonamides is 2. The number of nitrogens with zero attached hydrogens (tertiary/aromatic N) is 1. The molecule has 1 aromatic carbocycles. The highest BCUT2D eigenvalue weighted by atomic mass is 32.2. The largest absolute Gasteiger partial charge is 0.494 e. The van der Waals surface area contributed by atoms with Crippen molar-refractivity contribution in [1.82, 2.24) is 9.03 Å². The first-order chi connectivity index (χ1) is 12.3. The number of nitrogens with one attached hydrogen (secondary N) is 1. The molecule has 1 aromatic rings. The summed E-state index contributed by atoms with van der Waals surface area (Å²) in [5, 5.41) is -0.183. The standard InChI is InChI=1S/C17H26N2O5S2/c1-2-24-15-3-5-16(6-4-15)25(20,21)18-13-14-9-11-19(12-10-14)26(22,23)17-7-8-17/h3-6,14,17-18H,2,7-13H2,1H3. The van der Waals surface area contributed by atoms with Gasteiger partial charge >= 0.3 is 0 Å². The molecule has 0 aromatic heterocycles. The fraction of sp³-hybridized carbons (Fsp3) is 0.647. The molecule has 0 bridgehead atoms. The lowest BCUT2D eigenvalue weighted by atomic mass is 9.99. The Morgan fingerprint density at radius 3 is 2.19 bits per heavy atom. The van der Waals surface area contributed by atoms with E-state index >= 15 is 0 Å².